The fourth-order valence-electron chi connectivity index (χ4n) is 4.96. The zero-order valence-electron chi connectivity index (χ0n) is 18.8. The van der Waals surface area contributed by atoms with Crippen LogP contribution in [-0.2, 0) is 9.59 Å². The number of hydrogen-bond acceptors (Lipinski definition) is 5. The van der Waals surface area contributed by atoms with Crippen LogP contribution < -0.4 is 9.47 Å². The number of hydrogen-bond donors (Lipinski definition) is 1. The molecule has 1 aliphatic heterocycles. The largest absolute Gasteiger partial charge is 0.507 e. The average molecular weight is 436 g/mol. The molecular weight excluding hydrogens is 406 g/mol. The van der Waals surface area contributed by atoms with Crippen LogP contribution in [0.2, 0.25) is 0 Å². The zero-order valence-corrected chi connectivity index (χ0v) is 18.8. The number of benzene rings is 2. The first-order valence-electron chi connectivity index (χ1n) is 11.1. The Kier molecular flexibility index (Phi) is 6.21. The van der Waals surface area contributed by atoms with E-state index in [-0.39, 0.29) is 17.4 Å². The van der Waals surface area contributed by atoms with E-state index in [2.05, 4.69) is 0 Å². The molecular formula is C26H29NO5. The van der Waals surface area contributed by atoms with E-state index in [9.17, 15) is 14.7 Å². The summed E-state index contributed by atoms with van der Waals surface area (Å²) in [6.07, 6.45) is 4.86. The number of Topliss-reactive ketones (excluding diaryl/α,β-unsaturated/α-hetero) is 1. The SMILES string of the molecule is COc1ccc(/C(O)=C2\C(=O)C(=O)N(C3CCCCC3)C2c2ccccc2OC)c(C)c1. The smallest absolute Gasteiger partial charge is 0.295 e. The molecule has 1 unspecified atom stereocenters. The third-order valence-corrected chi connectivity index (χ3v) is 6.57. The van der Waals surface area contributed by atoms with Crippen LogP contribution in [0.1, 0.15) is 54.8 Å². The number of aryl methyl sites for hydroxylation is 1. The van der Waals surface area contributed by atoms with Crippen LogP contribution in [0.25, 0.3) is 5.76 Å². The molecule has 1 heterocycles. The van der Waals surface area contributed by atoms with Crippen molar-refractivity contribution in [3.63, 3.8) is 0 Å². The fraction of sp³-hybridized carbons (Fsp3) is 0.385. The molecule has 0 spiro atoms. The summed E-state index contributed by atoms with van der Waals surface area (Å²) in [6.45, 7) is 1.84. The Labute approximate surface area is 188 Å². The summed E-state index contributed by atoms with van der Waals surface area (Å²) in [4.78, 5) is 28.3. The lowest BCUT2D eigenvalue weighted by atomic mass is 9.90. The van der Waals surface area contributed by atoms with Gasteiger partial charge in [0.05, 0.1) is 25.8 Å². The first kappa shape index (κ1) is 21.9. The van der Waals surface area contributed by atoms with Crippen molar-refractivity contribution in [3.05, 3.63) is 64.7 Å². The van der Waals surface area contributed by atoms with Crippen molar-refractivity contribution in [1.82, 2.24) is 4.90 Å². The molecule has 0 radical (unpaired) electrons. The number of nitrogens with zero attached hydrogens (tertiary/aromatic N) is 1. The van der Waals surface area contributed by atoms with Crippen molar-refractivity contribution in [3.8, 4) is 11.5 Å². The summed E-state index contributed by atoms with van der Waals surface area (Å²) in [7, 11) is 3.14. The van der Waals surface area contributed by atoms with Crippen molar-refractivity contribution in [1.29, 1.82) is 0 Å². The molecule has 6 heteroatoms. The minimum atomic E-state index is -0.698. The molecule has 2 aromatic carbocycles. The van der Waals surface area contributed by atoms with Gasteiger partial charge in [-0.3, -0.25) is 9.59 Å². The first-order valence-corrected chi connectivity index (χ1v) is 11.1. The molecule has 6 nitrogen and oxygen atoms in total. The second-order valence-electron chi connectivity index (χ2n) is 8.42. The van der Waals surface area contributed by atoms with E-state index in [0.29, 0.717) is 22.6 Å². The van der Waals surface area contributed by atoms with Crippen molar-refractivity contribution in [2.45, 2.75) is 51.1 Å². The lowest BCUT2D eigenvalue weighted by Gasteiger charge is -2.35. The fourth-order valence-corrected chi connectivity index (χ4v) is 4.96. The van der Waals surface area contributed by atoms with Gasteiger partial charge in [-0.15, -0.1) is 0 Å². The topological polar surface area (TPSA) is 76.1 Å². The van der Waals surface area contributed by atoms with E-state index < -0.39 is 17.7 Å². The molecule has 2 fully saturated rings. The van der Waals surface area contributed by atoms with Gasteiger partial charge < -0.3 is 19.5 Å². The second-order valence-corrected chi connectivity index (χ2v) is 8.42. The predicted molar refractivity (Wildman–Crippen MR) is 122 cm³/mol. The highest BCUT2D eigenvalue weighted by molar-refractivity contribution is 6.46. The number of rotatable bonds is 5. The van der Waals surface area contributed by atoms with E-state index in [1.165, 1.54) is 0 Å². The van der Waals surface area contributed by atoms with Crippen molar-refractivity contribution >= 4 is 17.4 Å². The number of para-hydroxylation sites is 1. The van der Waals surface area contributed by atoms with Gasteiger partial charge in [-0.2, -0.15) is 0 Å². The van der Waals surface area contributed by atoms with Crippen molar-refractivity contribution < 1.29 is 24.2 Å². The van der Waals surface area contributed by atoms with Crippen LogP contribution in [0.15, 0.2) is 48.0 Å². The molecule has 0 bridgehead atoms. The molecule has 2 aromatic rings. The Morgan fingerprint density at radius 1 is 1.00 bits per heavy atom. The first-order chi connectivity index (χ1) is 15.5. The third kappa shape index (κ3) is 3.74. The Morgan fingerprint density at radius 2 is 1.72 bits per heavy atom. The Hall–Kier alpha value is -3.28. The van der Waals surface area contributed by atoms with Crippen LogP contribution in [-0.4, -0.2) is 42.0 Å². The number of ketones is 1. The van der Waals surface area contributed by atoms with Crippen LogP contribution in [0.3, 0.4) is 0 Å². The standard InChI is InChI=1S/C26H29NO5/c1-16-15-18(31-2)13-14-19(16)24(28)22-23(20-11-7-8-12-21(20)32-3)27(26(30)25(22)29)17-9-5-4-6-10-17/h7-8,11-15,17,23,28H,4-6,9-10H2,1-3H3/b24-22+. The highest BCUT2D eigenvalue weighted by Crippen LogP contribution is 2.45. The monoisotopic (exact) mass is 435 g/mol. The molecule has 1 atom stereocenters. The lowest BCUT2D eigenvalue weighted by molar-refractivity contribution is -0.141. The maximum atomic E-state index is 13.3. The Balaban J connectivity index is 1.92. The van der Waals surface area contributed by atoms with Gasteiger partial charge >= 0.3 is 0 Å². The van der Waals surface area contributed by atoms with Crippen LogP contribution in [0.5, 0.6) is 11.5 Å². The Morgan fingerprint density at radius 3 is 2.38 bits per heavy atom. The number of methoxy groups -OCH3 is 2. The van der Waals surface area contributed by atoms with Gasteiger partial charge in [0.2, 0.25) is 0 Å². The number of aliphatic hydroxyl groups excluding tert-OH is 1. The third-order valence-electron chi connectivity index (χ3n) is 6.57. The molecule has 1 N–H and O–H groups in total. The summed E-state index contributed by atoms with van der Waals surface area (Å²) in [6, 6.07) is 11.9. The maximum absolute atomic E-state index is 13.3. The van der Waals surface area contributed by atoms with E-state index in [1.807, 2.05) is 31.2 Å². The van der Waals surface area contributed by atoms with Crippen LogP contribution in [0, 0.1) is 6.92 Å². The van der Waals surface area contributed by atoms with Gasteiger partial charge in [-0.25, -0.2) is 0 Å². The molecule has 0 aromatic heterocycles. The highest BCUT2D eigenvalue weighted by atomic mass is 16.5. The van der Waals surface area contributed by atoms with Crippen molar-refractivity contribution in [2.75, 3.05) is 14.2 Å². The van der Waals surface area contributed by atoms with E-state index in [0.717, 1.165) is 37.7 Å². The lowest BCUT2D eigenvalue weighted by Crippen LogP contribution is -2.40. The van der Waals surface area contributed by atoms with E-state index >= 15 is 0 Å². The minimum absolute atomic E-state index is 0.0441. The molecule has 1 saturated carbocycles. The van der Waals surface area contributed by atoms with Gasteiger partial charge in [-0.05, 0) is 49.6 Å². The number of ether oxygens (including phenoxy) is 2. The van der Waals surface area contributed by atoms with Gasteiger partial charge in [0.15, 0.2) is 0 Å². The zero-order chi connectivity index (χ0) is 22.8. The number of likely N-dealkylation sites (tertiary alicyclic amines) is 1. The Bertz CT molecular complexity index is 1070. The van der Waals surface area contributed by atoms with Crippen LogP contribution in [0.4, 0.5) is 0 Å². The number of aliphatic hydroxyl groups is 1. The molecule has 32 heavy (non-hydrogen) atoms. The molecule has 2 aliphatic rings. The average Bonchev–Trinajstić information content (AvgIpc) is 3.09. The van der Waals surface area contributed by atoms with Crippen LogP contribution >= 0.6 is 0 Å². The summed E-state index contributed by atoms with van der Waals surface area (Å²) in [5, 5.41) is 11.4. The summed E-state index contributed by atoms with van der Waals surface area (Å²) >= 11 is 0. The van der Waals surface area contributed by atoms with Gasteiger partial charge in [0.25, 0.3) is 11.7 Å². The highest BCUT2D eigenvalue weighted by Gasteiger charge is 2.49. The van der Waals surface area contributed by atoms with Crippen molar-refractivity contribution in [2.24, 2.45) is 0 Å². The molecule has 1 amide bonds. The van der Waals surface area contributed by atoms with Gasteiger partial charge in [-0.1, -0.05) is 37.5 Å². The quantitative estimate of drug-likeness (QED) is 0.416. The van der Waals surface area contributed by atoms with E-state index in [1.54, 1.807) is 37.3 Å². The van der Waals surface area contributed by atoms with Gasteiger partial charge in [0.1, 0.15) is 17.3 Å². The van der Waals surface area contributed by atoms with E-state index in [4.69, 9.17) is 9.47 Å². The van der Waals surface area contributed by atoms with Gasteiger partial charge in [0, 0.05) is 17.2 Å². The molecule has 4 rings (SSSR count). The maximum Gasteiger partial charge on any atom is 0.295 e. The molecule has 168 valence electrons. The molecule has 1 aliphatic carbocycles. The molecule has 1 saturated heterocycles. The number of amides is 1. The summed E-state index contributed by atoms with van der Waals surface area (Å²) in [5.41, 5.74) is 2.07. The summed E-state index contributed by atoms with van der Waals surface area (Å²) < 4.78 is 10.8. The predicted octanol–water partition coefficient (Wildman–Crippen LogP) is 4.77. The summed E-state index contributed by atoms with van der Waals surface area (Å²) in [5.74, 6) is -0.141. The second kappa shape index (κ2) is 9.07. The number of carbonyl (C=O) groups is 2. The normalized spacial score (nSPS) is 21.1. The number of carbonyl (C=O) groups excluding carboxylic acids is 2. The minimum Gasteiger partial charge on any atom is -0.507 e.